The van der Waals surface area contributed by atoms with E-state index in [1.54, 1.807) is 17.5 Å². The van der Waals surface area contributed by atoms with Gasteiger partial charge in [0.2, 0.25) is 0 Å². The standard InChI is InChI=1S/C11H17N5S/c1-8(2)7-12-5-4-10-15-16-11(17-10)9-3-6-13-14-9/h3,6,8,12H,4-5,7H2,1-2H3,(H,13,14). The van der Waals surface area contributed by atoms with E-state index in [4.69, 9.17) is 0 Å². The van der Waals surface area contributed by atoms with Crippen molar-refractivity contribution in [1.29, 1.82) is 0 Å². The van der Waals surface area contributed by atoms with Crippen LogP contribution in [0.15, 0.2) is 12.3 Å². The molecular weight excluding hydrogens is 234 g/mol. The average Bonchev–Trinajstić information content (AvgIpc) is 2.94. The Morgan fingerprint density at radius 3 is 3.00 bits per heavy atom. The number of hydrogen-bond acceptors (Lipinski definition) is 5. The van der Waals surface area contributed by atoms with Gasteiger partial charge < -0.3 is 5.32 Å². The summed E-state index contributed by atoms with van der Waals surface area (Å²) >= 11 is 1.62. The summed E-state index contributed by atoms with van der Waals surface area (Å²) in [5.41, 5.74) is 0.934. The summed E-state index contributed by atoms with van der Waals surface area (Å²) in [6.07, 6.45) is 2.65. The molecule has 0 spiro atoms. The molecule has 0 aromatic carbocycles. The molecule has 0 fully saturated rings. The first-order valence-corrected chi connectivity index (χ1v) is 6.60. The van der Waals surface area contributed by atoms with Gasteiger partial charge in [0.05, 0.1) is 5.69 Å². The molecule has 5 nitrogen and oxygen atoms in total. The molecule has 0 saturated carbocycles. The van der Waals surface area contributed by atoms with Crippen LogP contribution in [-0.4, -0.2) is 33.5 Å². The summed E-state index contributed by atoms with van der Waals surface area (Å²) in [5.74, 6) is 0.685. The molecule has 2 heterocycles. The molecule has 0 aliphatic heterocycles. The highest BCUT2D eigenvalue weighted by Gasteiger charge is 2.07. The molecule has 0 radical (unpaired) electrons. The van der Waals surface area contributed by atoms with Crippen LogP contribution in [0.3, 0.4) is 0 Å². The summed E-state index contributed by atoms with van der Waals surface area (Å²) in [5, 5.41) is 20.5. The quantitative estimate of drug-likeness (QED) is 0.767. The Bertz CT molecular complexity index is 434. The highest BCUT2D eigenvalue weighted by molar-refractivity contribution is 7.14. The maximum absolute atomic E-state index is 4.17. The lowest BCUT2D eigenvalue weighted by Gasteiger charge is -2.04. The maximum atomic E-state index is 4.17. The van der Waals surface area contributed by atoms with Gasteiger partial charge in [-0.1, -0.05) is 25.2 Å². The number of H-pyrrole nitrogens is 1. The van der Waals surface area contributed by atoms with E-state index in [1.807, 2.05) is 6.07 Å². The molecule has 2 aromatic heterocycles. The minimum Gasteiger partial charge on any atom is -0.316 e. The summed E-state index contributed by atoms with van der Waals surface area (Å²) in [7, 11) is 0. The van der Waals surface area contributed by atoms with Gasteiger partial charge in [-0.25, -0.2) is 0 Å². The van der Waals surface area contributed by atoms with E-state index in [0.29, 0.717) is 5.92 Å². The Labute approximate surface area is 105 Å². The second-order valence-corrected chi connectivity index (χ2v) is 5.38. The number of nitrogens with zero attached hydrogens (tertiary/aromatic N) is 3. The third-order valence-corrected chi connectivity index (χ3v) is 3.28. The number of rotatable bonds is 6. The molecule has 2 N–H and O–H groups in total. The average molecular weight is 251 g/mol. The fourth-order valence-electron chi connectivity index (χ4n) is 1.42. The second kappa shape index (κ2) is 5.88. The molecule has 0 aliphatic carbocycles. The van der Waals surface area contributed by atoms with Gasteiger partial charge in [0.25, 0.3) is 0 Å². The molecule has 0 saturated heterocycles. The van der Waals surface area contributed by atoms with Crippen LogP contribution in [0, 0.1) is 5.92 Å². The highest BCUT2D eigenvalue weighted by atomic mass is 32.1. The van der Waals surface area contributed by atoms with Crippen molar-refractivity contribution in [2.45, 2.75) is 20.3 Å². The molecule has 0 aliphatic rings. The largest absolute Gasteiger partial charge is 0.316 e. The van der Waals surface area contributed by atoms with Gasteiger partial charge in [-0.15, -0.1) is 10.2 Å². The minimum atomic E-state index is 0.685. The van der Waals surface area contributed by atoms with Gasteiger partial charge >= 0.3 is 0 Å². The Morgan fingerprint density at radius 2 is 2.29 bits per heavy atom. The van der Waals surface area contributed by atoms with Crippen molar-refractivity contribution in [2.75, 3.05) is 13.1 Å². The SMILES string of the molecule is CC(C)CNCCc1nnc(-c2ccn[nH]2)s1. The van der Waals surface area contributed by atoms with Crippen molar-refractivity contribution >= 4 is 11.3 Å². The first-order valence-electron chi connectivity index (χ1n) is 5.78. The number of aromatic nitrogens is 4. The number of hydrogen-bond donors (Lipinski definition) is 2. The van der Waals surface area contributed by atoms with Crippen LogP contribution in [-0.2, 0) is 6.42 Å². The zero-order chi connectivity index (χ0) is 12.1. The van der Waals surface area contributed by atoms with E-state index >= 15 is 0 Å². The van der Waals surface area contributed by atoms with Crippen LogP contribution >= 0.6 is 11.3 Å². The summed E-state index contributed by atoms with van der Waals surface area (Å²) in [6, 6.07) is 1.90. The van der Waals surface area contributed by atoms with Crippen molar-refractivity contribution in [3.8, 4) is 10.7 Å². The molecule has 0 amide bonds. The third-order valence-electron chi connectivity index (χ3n) is 2.27. The predicted octanol–water partition coefficient (Wildman–Crippen LogP) is 1.72. The van der Waals surface area contributed by atoms with Gasteiger partial charge in [0.1, 0.15) is 5.01 Å². The van der Waals surface area contributed by atoms with Crippen molar-refractivity contribution in [1.82, 2.24) is 25.7 Å². The van der Waals surface area contributed by atoms with E-state index in [9.17, 15) is 0 Å². The van der Waals surface area contributed by atoms with Crippen molar-refractivity contribution < 1.29 is 0 Å². The van der Waals surface area contributed by atoms with Crippen LogP contribution < -0.4 is 5.32 Å². The Balaban J connectivity index is 1.83. The lowest BCUT2D eigenvalue weighted by Crippen LogP contribution is -2.22. The van der Waals surface area contributed by atoms with E-state index in [1.165, 1.54) is 0 Å². The van der Waals surface area contributed by atoms with E-state index in [2.05, 4.69) is 39.6 Å². The monoisotopic (exact) mass is 251 g/mol. The zero-order valence-corrected chi connectivity index (χ0v) is 10.9. The maximum Gasteiger partial charge on any atom is 0.165 e. The molecule has 2 aromatic rings. The van der Waals surface area contributed by atoms with E-state index < -0.39 is 0 Å². The molecule has 0 unspecified atom stereocenters. The molecule has 17 heavy (non-hydrogen) atoms. The number of aromatic amines is 1. The van der Waals surface area contributed by atoms with Crippen molar-refractivity contribution in [3.63, 3.8) is 0 Å². The van der Waals surface area contributed by atoms with Crippen molar-refractivity contribution in [2.24, 2.45) is 5.92 Å². The van der Waals surface area contributed by atoms with Crippen LogP contribution in [0.25, 0.3) is 10.7 Å². The lowest BCUT2D eigenvalue weighted by molar-refractivity contribution is 0.553. The van der Waals surface area contributed by atoms with E-state index in [-0.39, 0.29) is 0 Å². The Hall–Kier alpha value is -1.27. The summed E-state index contributed by atoms with van der Waals surface area (Å²) in [6.45, 7) is 6.41. The smallest absolute Gasteiger partial charge is 0.165 e. The van der Waals surface area contributed by atoms with Crippen LogP contribution in [0.1, 0.15) is 18.9 Å². The molecule has 6 heteroatoms. The number of nitrogens with one attached hydrogen (secondary N) is 2. The van der Waals surface area contributed by atoms with Crippen LogP contribution in [0.4, 0.5) is 0 Å². The third kappa shape index (κ3) is 3.61. The molecule has 2 rings (SSSR count). The van der Waals surface area contributed by atoms with Crippen LogP contribution in [0.2, 0.25) is 0 Å². The molecule has 92 valence electrons. The Kier molecular flexibility index (Phi) is 4.22. The topological polar surface area (TPSA) is 66.5 Å². The fourth-order valence-corrected chi connectivity index (χ4v) is 2.24. The fraction of sp³-hybridized carbons (Fsp3) is 0.545. The van der Waals surface area contributed by atoms with Gasteiger partial charge in [-0.3, -0.25) is 5.10 Å². The Morgan fingerprint density at radius 1 is 1.41 bits per heavy atom. The van der Waals surface area contributed by atoms with Gasteiger partial charge in [-0.05, 0) is 18.5 Å². The lowest BCUT2D eigenvalue weighted by atomic mass is 10.2. The molecule has 0 atom stereocenters. The van der Waals surface area contributed by atoms with Gasteiger partial charge in [-0.2, -0.15) is 5.10 Å². The van der Waals surface area contributed by atoms with Gasteiger partial charge in [0.15, 0.2) is 5.01 Å². The predicted molar refractivity (Wildman–Crippen MR) is 68.9 cm³/mol. The normalized spacial score (nSPS) is 11.2. The van der Waals surface area contributed by atoms with Gasteiger partial charge in [0, 0.05) is 19.2 Å². The second-order valence-electron chi connectivity index (χ2n) is 4.32. The molecular formula is C11H17N5S. The molecule has 0 bridgehead atoms. The van der Waals surface area contributed by atoms with E-state index in [0.717, 1.165) is 35.2 Å². The van der Waals surface area contributed by atoms with Crippen LogP contribution in [0.5, 0.6) is 0 Å². The summed E-state index contributed by atoms with van der Waals surface area (Å²) in [4.78, 5) is 0. The first-order chi connectivity index (χ1) is 8.25. The zero-order valence-electron chi connectivity index (χ0n) is 10.1. The minimum absolute atomic E-state index is 0.685. The first kappa shape index (κ1) is 12.2. The van der Waals surface area contributed by atoms with Crippen molar-refractivity contribution in [3.05, 3.63) is 17.3 Å². The summed E-state index contributed by atoms with van der Waals surface area (Å²) < 4.78 is 0. The highest BCUT2D eigenvalue weighted by Crippen LogP contribution is 2.20.